The average molecular weight is 220 g/mol. The summed E-state index contributed by atoms with van der Waals surface area (Å²) in [6.45, 7) is 4.73. The minimum atomic E-state index is 0.117. The molecule has 1 atom stereocenters. The van der Waals surface area contributed by atoms with E-state index in [1.165, 1.54) is 0 Å². The van der Waals surface area contributed by atoms with Gasteiger partial charge in [-0.3, -0.25) is 9.78 Å². The molecule has 1 aromatic heterocycles. The average Bonchev–Trinajstić information content (AvgIpc) is 2.29. The van der Waals surface area contributed by atoms with Crippen LogP contribution >= 0.6 is 0 Å². The van der Waals surface area contributed by atoms with Crippen LogP contribution in [-0.4, -0.2) is 22.8 Å². The predicted octanol–water partition coefficient (Wildman–Crippen LogP) is 2.48. The molecule has 0 aliphatic rings. The van der Waals surface area contributed by atoms with Gasteiger partial charge >= 0.3 is 0 Å². The Balaban J connectivity index is 2.52. The lowest BCUT2D eigenvalue weighted by molar-refractivity contribution is -0.134. The van der Waals surface area contributed by atoms with E-state index in [9.17, 15) is 4.79 Å². The third-order valence-corrected chi connectivity index (χ3v) is 2.66. The number of carbonyl (C=O) groups excluding carboxylic acids is 1. The van der Waals surface area contributed by atoms with Gasteiger partial charge in [-0.1, -0.05) is 26.3 Å². The smallest absolute Gasteiger partial charge is 0.225 e. The fraction of sp³-hybridized carbons (Fsp3) is 0.538. The van der Waals surface area contributed by atoms with Gasteiger partial charge in [0.25, 0.3) is 0 Å². The van der Waals surface area contributed by atoms with E-state index in [4.69, 9.17) is 0 Å². The summed E-state index contributed by atoms with van der Waals surface area (Å²) in [6.07, 6.45) is 5.54. The third-order valence-electron chi connectivity index (χ3n) is 2.66. The molecule has 0 aliphatic heterocycles. The second kappa shape index (κ2) is 6.26. The normalized spacial score (nSPS) is 12.2. The van der Waals surface area contributed by atoms with E-state index in [0.717, 1.165) is 18.4 Å². The first-order valence-electron chi connectivity index (χ1n) is 5.79. The minimum absolute atomic E-state index is 0.117. The second-order valence-corrected chi connectivity index (χ2v) is 4.25. The number of hydrogen-bond donors (Lipinski definition) is 0. The van der Waals surface area contributed by atoms with Gasteiger partial charge in [0.2, 0.25) is 5.91 Å². The monoisotopic (exact) mass is 220 g/mol. The number of nitrogens with zero attached hydrogens (tertiary/aromatic N) is 2. The van der Waals surface area contributed by atoms with Gasteiger partial charge in [-0.05, 0) is 18.1 Å². The first-order chi connectivity index (χ1) is 7.65. The molecular formula is C13H20N2O. The van der Waals surface area contributed by atoms with Crippen molar-refractivity contribution in [2.45, 2.75) is 33.2 Å². The SMILES string of the molecule is CCCC(C)C(=O)N(C)Cc1cccnc1. The van der Waals surface area contributed by atoms with Gasteiger partial charge in [-0.25, -0.2) is 0 Å². The molecule has 1 rings (SSSR count). The van der Waals surface area contributed by atoms with Gasteiger partial charge in [0, 0.05) is 31.9 Å². The van der Waals surface area contributed by atoms with Crippen molar-refractivity contribution in [3.05, 3.63) is 30.1 Å². The number of aromatic nitrogens is 1. The molecule has 16 heavy (non-hydrogen) atoms. The zero-order valence-electron chi connectivity index (χ0n) is 10.3. The highest BCUT2D eigenvalue weighted by atomic mass is 16.2. The summed E-state index contributed by atoms with van der Waals surface area (Å²) in [6, 6.07) is 3.88. The summed E-state index contributed by atoms with van der Waals surface area (Å²) >= 11 is 0. The van der Waals surface area contributed by atoms with Crippen molar-refractivity contribution in [3.8, 4) is 0 Å². The Kier molecular flexibility index (Phi) is 4.96. The van der Waals surface area contributed by atoms with Crippen LogP contribution in [-0.2, 0) is 11.3 Å². The molecule has 0 radical (unpaired) electrons. The predicted molar refractivity (Wildman–Crippen MR) is 64.8 cm³/mol. The van der Waals surface area contributed by atoms with Crippen LogP contribution in [0.3, 0.4) is 0 Å². The fourth-order valence-electron chi connectivity index (χ4n) is 1.78. The molecule has 0 N–H and O–H groups in total. The van der Waals surface area contributed by atoms with E-state index >= 15 is 0 Å². The second-order valence-electron chi connectivity index (χ2n) is 4.25. The number of pyridine rings is 1. The molecule has 1 amide bonds. The Morgan fingerprint density at radius 3 is 2.88 bits per heavy atom. The van der Waals surface area contributed by atoms with E-state index in [2.05, 4.69) is 11.9 Å². The Hall–Kier alpha value is -1.38. The van der Waals surface area contributed by atoms with Crippen LogP contribution in [0, 0.1) is 5.92 Å². The van der Waals surface area contributed by atoms with Crippen molar-refractivity contribution in [1.29, 1.82) is 0 Å². The molecule has 0 fully saturated rings. The number of amides is 1. The van der Waals surface area contributed by atoms with Crippen LogP contribution < -0.4 is 0 Å². The molecule has 0 aromatic carbocycles. The first kappa shape index (κ1) is 12.7. The first-order valence-corrected chi connectivity index (χ1v) is 5.79. The lowest BCUT2D eigenvalue weighted by atomic mass is 10.0. The van der Waals surface area contributed by atoms with Crippen molar-refractivity contribution in [2.24, 2.45) is 5.92 Å². The van der Waals surface area contributed by atoms with Crippen molar-refractivity contribution >= 4 is 5.91 Å². The van der Waals surface area contributed by atoms with E-state index in [1.807, 2.05) is 26.1 Å². The highest BCUT2D eigenvalue weighted by Crippen LogP contribution is 2.10. The van der Waals surface area contributed by atoms with E-state index in [1.54, 1.807) is 17.3 Å². The van der Waals surface area contributed by atoms with Crippen molar-refractivity contribution in [3.63, 3.8) is 0 Å². The molecule has 3 heteroatoms. The molecular weight excluding hydrogens is 200 g/mol. The van der Waals surface area contributed by atoms with E-state index < -0.39 is 0 Å². The maximum absolute atomic E-state index is 11.9. The number of hydrogen-bond acceptors (Lipinski definition) is 2. The summed E-state index contributed by atoms with van der Waals surface area (Å²) < 4.78 is 0. The van der Waals surface area contributed by atoms with E-state index in [0.29, 0.717) is 6.54 Å². The maximum atomic E-state index is 11.9. The van der Waals surface area contributed by atoms with Gasteiger partial charge in [0.15, 0.2) is 0 Å². The Morgan fingerprint density at radius 1 is 1.56 bits per heavy atom. The highest BCUT2D eigenvalue weighted by Gasteiger charge is 2.16. The van der Waals surface area contributed by atoms with Crippen LogP contribution in [0.2, 0.25) is 0 Å². The van der Waals surface area contributed by atoms with Crippen LogP contribution in [0.25, 0.3) is 0 Å². The number of carbonyl (C=O) groups is 1. The van der Waals surface area contributed by atoms with Gasteiger partial charge in [0.1, 0.15) is 0 Å². The van der Waals surface area contributed by atoms with Crippen LogP contribution in [0.15, 0.2) is 24.5 Å². The van der Waals surface area contributed by atoms with Gasteiger partial charge in [0.05, 0.1) is 0 Å². The van der Waals surface area contributed by atoms with Crippen LogP contribution in [0.5, 0.6) is 0 Å². The van der Waals surface area contributed by atoms with Crippen molar-refractivity contribution < 1.29 is 4.79 Å². The van der Waals surface area contributed by atoms with Crippen molar-refractivity contribution in [1.82, 2.24) is 9.88 Å². The summed E-state index contributed by atoms with van der Waals surface area (Å²) in [5.74, 6) is 0.331. The molecule has 0 saturated carbocycles. The Labute approximate surface area is 97.5 Å². The quantitative estimate of drug-likeness (QED) is 0.763. The van der Waals surface area contributed by atoms with Gasteiger partial charge in [-0.15, -0.1) is 0 Å². The molecule has 0 bridgehead atoms. The van der Waals surface area contributed by atoms with Gasteiger partial charge < -0.3 is 4.90 Å². The van der Waals surface area contributed by atoms with Gasteiger partial charge in [-0.2, -0.15) is 0 Å². The third kappa shape index (κ3) is 3.65. The molecule has 1 aromatic rings. The summed E-state index contributed by atoms with van der Waals surface area (Å²) in [5.41, 5.74) is 1.07. The molecule has 0 spiro atoms. The van der Waals surface area contributed by atoms with Crippen molar-refractivity contribution in [2.75, 3.05) is 7.05 Å². The zero-order chi connectivity index (χ0) is 12.0. The maximum Gasteiger partial charge on any atom is 0.225 e. The lowest BCUT2D eigenvalue weighted by Gasteiger charge is -2.21. The highest BCUT2D eigenvalue weighted by molar-refractivity contribution is 5.78. The van der Waals surface area contributed by atoms with Crippen LogP contribution in [0.4, 0.5) is 0 Å². The zero-order valence-corrected chi connectivity index (χ0v) is 10.3. The number of rotatable bonds is 5. The molecule has 3 nitrogen and oxygen atoms in total. The van der Waals surface area contributed by atoms with Crippen LogP contribution in [0.1, 0.15) is 32.3 Å². The Bertz CT molecular complexity index is 324. The van der Waals surface area contributed by atoms with E-state index in [-0.39, 0.29) is 11.8 Å². The molecule has 0 aliphatic carbocycles. The molecule has 1 heterocycles. The Morgan fingerprint density at radius 2 is 2.31 bits per heavy atom. The summed E-state index contributed by atoms with van der Waals surface area (Å²) in [4.78, 5) is 17.8. The standard InChI is InChI=1S/C13H20N2O/c1-4-6-11(2)13(16)15(3)10-12-7-5-8-14-9-12/h5,7-9,11H,4,6,10H2,1-3H3. The molecule has 0 saturated heterocycles. The topological polar surface area (TPSA) is 33.2 Å². The summed E-state index contributed by atoms with van der Waals surface area (Å²) in [5, 5.41) is 0. The molecule has 1 unspecified atom stereocenters. The lowest BCUT2D eigenvalue weighted by Crippen LogP contribution is -2.31. The minimum Gasteiger partial charge on any atom is -0.341 e. The fourth-order valence-corrected chi connectivity index (χ4v) is 1.78. The molecule has 88 valence electrons. The summed E-state index contributed by atoms with van der Waals surface area (Å²) in [7, 11) is 1.85. The largest absolute Gasteiger partial charge is 0.341 e.